The summed E-state index contributed by atoms with van der Waals surface area (Å²) in [6, 6.07) is 15.5. The van der Waals surface area contributed by atoms with Crippen LogP contribution in [0.4, 0.5) is 18.9 Å². The molecule has 0 aromatic heterocycles. The molecule has 1 atom stereocenters. The van der Waals surface area contributed by atoms with Crippen LogP contribution in [-0.4, -0.2) is 39.4 Å². The van der Waals surface area contributed by atoms with Gasteiger partial charge >= 0.3 is 0 Å². The highest BCUT2D eigenvalue weighted by atomic mass is 35.5. The molecule has 0 aliphatic rings. The Morgan fingerprint density at radius 1 is 0.886 bits per heavy atom. The van der Waals surface area contributed by atoms with Gasteiger partial charge in [0.2, 0.25) is 0 Å². The van der Waals surface area contributed by atoms with Gasteiger partial charge in [-0.05, 0) is 67.9 Å². The van der Waals surface area contributed by atoms with Gasteiger partial charge < -0.3 is 9.64 Å². The highest BCUT2D eigenvalue weighted by Gasteiger charge is 2.34. The third kappa shape index (κ3) is 7.43. The number of rotatable bonds is 11. The van der Waals surface area contributed by atoms with Gasteiger partial charge in [-0.3, -0.25) is 9.10 Å². The van der Waals surface area contributed by atoms with Crippen LogP contribution >= 0.6 is 34.8 Å². The molecule has 0 aliphatic heterocycles. The molecule has 0 saturated carbocycles. The van der Waals surface area contributed by atoms with Crippen LogP contribution in [0.2, 0.25) is 15.1 Å². The molecule has 13 heteroatoms. The van der Waals surface area contributed by atoms with Crippen LogP contribution in [0.15, 0.2) is 83.8 Å². The molecule has 0 aliphatic carbocycles. The molecule has 44 heavy (non-hydrogen) atoms. The van der Waals surface area contributed by atoms with Crippen molar-refractivity contribution in [2.75, 3.05) is 24.5 Å². The summed E-state index contributed by atoms with van der Waals surface area (Å²) in [5, 5.41) is 0.116. The molecule has 4 aromatic carbocycles. The zero-order valence-corrected chi connectivity index (χ0v) is 26.5. The zero-order valence-electron chi connectivity index (χ0n) is 23.4. The predicted octanol–water partition coefficient (Wildman–Crippen LogP) is 8.56. The molecule has 0 spiro atoms. The molecule has 232 valence electrons. The fourth-order valence-corrected chi connectivity index (χ4v) is 6.71. The highest BCUT2D eigenvalue weighted by Crippen LogP contribution is 2.38. The van der Waals surface area contributed by atoms with Crippen LogP contribution in [0.3, 0.4) is 0 Å². The van der Waals surface area contributed by atoms with Crippen molar-refractivity contribution in [1.82, 2.24) is 4.90 Å². The van der Waals surface area contributed by atoms with Gasteiger partial charge in [0, 0.05) is 30.2 Å². The minimum absolute atomic E-state index is 0.0141. The number of anilines is 1. The summed E-state index contributed by atoms with van der Waals surface area (Å²) in [4.78, 5) is 14.0. The number of nitrogens with zero attached hydrogens (tertiary/aromatic N) is 2. The van der Waals surface area contributed by atoms with E-state index in [4.69, 9.17) is 39.5 Å². The largest absolute Gasteiger partial charge is 0.493 e. The minimum Gasteiger partial charge on any atom is -0.493 e. The fraction of sp³-hybridized carbons (Fsp3) is 0.194. The number of sulfonamides is 1. The Morgan fingerprint density at radius 2 is 1.57 bits per heavy atom. The van der Waals surface area contributed by atoms with Gasteiger partial charge in [-0.1, -0.05) is 53.0 Å². The van der Waals surface area contributed by atoms with Crippen LogP contribution in [0, 0.1) is 17.5 Å². The van der Waals surface area contributed by atoms with Crippen LogP contribution in [-0.2, 0) is 10.0 Å². The van der Waals surface area contributed by atoms with Gasteiger partial charge in [0.05, 0.1) is 38.8 Å². The van der Waals surface area contributed by atoms with Gasteiger partial charge in [0.1, 0.15) is 23.2 Å². The second-order valence-electron chi connectivity index (χ2n) is 9.74. The topological polar surface area (TPSA) is 66.9 Å². The quantitative estimate of drug-likeness (QED) is 0.117. The fourth-order valence-electron chi connectivity index (χ4n) is 4.48. The molecule has 0 N–H and O–H groups in total. The lowest BCUT2D eigenvalue weighted by Crippen LogP contribution is -2.34. The van der Waals surface area contributed by atoms with Crippen molar-refractivity contribution in [3.05, 3.63) is 123 Å². The van der Waals surface area contributed by atoms with Crippen molar-refractivity contribution in [2.45, 2.75) is 24.3 Å². The number of halogens is 6. The summed E-state index contributed by atoms with van der Waals surface area (Å²) in [6.45, 7) is 1.84. The number of para-hydroxylation sites is 1. The summed E-state index contributed by atoms with van der Waals surface area (Å²) in [6.07, 6.45) is 0.337. The summed E-state index contributed by atoms with van der Waals surface area (Å²) in [7, 11) is -2.91. The maximum atomic E-state index is 15.1. The molecule has 0 heterocycles. The Labute approximate surface area is 268 Å². The van der Waals surface area contributed by atoms with E-state index in [1.807, 2.05) is 0 Å². The number of carbonyl (C=O) groups is 1. The smallest absolute Gasteiger partial charge is 0.264 e. The molecule has 6 nitrogen and oxygen atoms in total. The highest BCUT2D eigenvalue weighted by molar-refractivity contribution is 7.92. The molecule has 0 saturated heterocycles. The van der Waals surface area contributed by atoms with E-state index in [9.17, 15) is 22.0 Å². The Kier molecular flexibility index (Phi) is 10.7. The van der Waals surface area contributed by atoms with E-state index >= 15 is 4.39 Å². The average Bonchev–Trinajstić information content (AvgIpc) is 2.98. The van der Waals surface area contributed by atoms with Crippen molar-refractivity contribution in [1.29, 1.82) is 0 Å². The number of benzene rings is 4. The minimum atomic E-state index is -4.43. The van der Waals surface area contributed by atoms with Gasteiger partial charge in [0.25, 0.3) is 15.9 Å². The number of ether oxygens (including phenoxy) is 1. The summed E-state index contributed by atoms with van der Waals surface area (Å²) < 4.78 is 77.9. The Morgan fingerprint density at radius 3 is 2.27 bits per heavy atom. The van der Waals surface area contributed by atoms with Crippen molar-refractivity contribution < 1.29 is 31.1 Å². The predicted molar refractivity (Wildman–Crippen MR) is 166 cm³/mol. The first-order valence-electron chi connectivity index (χ1n) is 13.2. The molecule has 1 unspecified atom stereocenters. The second-order valence-corrected chi connectivity index (χ2v) is 12.8. The number of carbonyl (C=O) groups excluding carboxylic acids is 1. The molecule has 0 fully saturated rings. The van der Waals surface area contributed by atoms with E-state index in [2.05, 4.69) is 0 Å². The third-order valence-electron chi connectivity index (χ3n) is 6.72. The number of hydrogen-bond donors (Lipinski definition) is 0. The van der Waals surface area contributed by atoms with Gasteiger partial charge in [-0.2, -0.15) is 0 Å². The number of hydrogen-bond acceptors (Lipinski definition) is 4. The second kappa shape index (κ2) is 14.1. The van der Waals surface area contributed by atoms with E-state index in [1.54, 1.807) is 24.3 Å². The lowest BCUT2D eigenvalue weighted by Gasteiger charge is -2.32. The van der Waals surface area contributed by atoms with E-state index < -0.39 is 45.1 Å². The normalized spacial score (nSPS) is 12.1. The first-order valence-corrected chi connectivity index (χ1v) is 15.8. The van der Waals surface area contributed by atoms with Crippen LogP contribution in [0.5, 0.6) is 5.75 Å². The lowest BCUT2D eigenvalue weighted by molar-refractivity contribution is 0.0787. The molecular weight excluding hydrogens is 660 g/mol. The standard InChI is InChI=1S/C31H26Cl3F3N2O4S/c1-19(39(29-16-21(35)10-13-27(29)36)44(41,42)22-11-8-20(32)9-12-22)23-6-3-4-7-30(23)43-15-5-14-38(2)31(40)24-17-28(37)26(34)18-25(24)33/h3-4,6-13,16-19H,5,14-15H2,1-2H3. The summed E-state index contributed by atoms with van der Waals surface area (Å²) >= 11 is 17.7. The summed E-state index contributed by atoms with van der Waals surface area (Å²) in [5.74, 6) is -2.75. The van der Waals surface area contributed by atoms with Gasteiger partial charge in [-0.15, -0.1) is 0 Å². The molecule has 0 bridgehead atoms. The number of amides is 1. The van der Waals surface area contributed by atoms with E-state index in [-0.39, 0.29) is 33.7 Å². The van der Waals surface area contributed by atoms with Crippen molar-refractivity contribution >= 4 is 56.4 Å². The lowest BCUT2D eigenvalue weighted by atomic mass is 10.1. The van der Waals surface area contributed by atoms with E-state index in [0.717, 1.165) is 34.6 Å². The SMILES string of the molecule is CC(c1ccccc1OCCCN(C)C(=O)c1cc(F)c(Cl)cc1Cl)N(c1cc(F)ccc1F)S(=O)(=O)c1ccc(Cl)cc1. The third-order valence-corrected chi connectivity index (χ3v) is 9.47. The molecule has 4 rings (SSSR count). The van der Waals surface area contributed by atoms with Crippen molar-refractivity contribution in [2.24, 2.45) is 0 Å². The van der Waals surface area contributed by atoms with Crippen LogP contribution in [0.1, 0.15) is 35.3 Å². The van der Waals surface area contributed by atoms with Crippen molar-refractivity contribution in [3.63, 3.8) is 0 Å². The molecule has 4 aromatic rings. The van der Waals surface area contributed by atoms with E-state index in [0.29, 0.717) is 22.8 Å². The monoisotopic (exact) mass is 684 g/mol. The first kappa shape index (κ1) is 33.5. The average molecular weight is 686 g/mol. The maximum absolute atomic E-state index is 15.1. The van der Waals surface area contributed by atoms with Gasteiger partial charge in [0.15, 0.2) is 0 Å². The van der Waals surface area contributed by atoms with Crippen LogP contribution < -0.4 is 9.04 Å². The molecule has 1 amide bonds. The first-order chi connectivity index (χ1) is 20.8. The molecule has 0 radical (unpaired) electrons. The maximum Gasteiger partial charge on any atom is 0.264 e. The Hall–Kier alpha value is -3.44. The van der Waals surface area contributed by atoms with Crippen LogP contribution in [0.25, 0.3) is 0 Å². The van der Waals surface area contributed by atoms with Gasteiger partial charge in [-0.25, -0.2) is 21.6 Å². The Bertz CT molecular complexity index is 1780. The van der Waals surface area contributed by atoms with Crippen molar-refractivity contribution in [3.8, 4) is 5.75 Å². The van der Waals surface area contributed by atoms with E-state index in [1.165, 1.54) is 43.1 Å². The Balaban J connectivity index is 1.56. The molecular formula is C31H26Cl3F3N2O4S. The zero-order chi connectivity index (χ0) is 32.2. The summed E-state index contributed by atoms with van der Waals surface area (Å²) in [5.41, 5.74) is -0.149.